The van der Waals surface area contributed by atoms with Gasteiger partial charge < -0.3 is 4.57 Å². The third kappa shape index (κ3) is 3.28. The van der Waals surface area contributed by atoms with E-state index in [4.69, 9.17) is 0 Å². The van der Waals surface area contributed by atoms with Crippen LogP contribution >= 0.6 is 0 Å². The summed E-state index contributed by atoms with van der Waals surface area (Å²) in [6, 6.07) is 8.25. The fourth-order valence-electron chi connectivity index (χ4n) is 2.77. The molecule has 1 heterocycles. The van der Waals surface area contributed by atoms with Crippen LogP contribution in [0.3, 0.4) is 0 Å². The lowest BCUT2D eigenvalue weighted by molar-refractivity contribution is 0.0937. The first-order chi connectivity index (χ1) is 10.5. The molecular weight excluding hydrogens is 279 g/mol. The molecule has 0 spiro atoms. The molecule has 0 fully saturated rings. The minimum absolute atomic E-state index is 0.130. The van der Waals surface area contributed by atoms with E-state index < -0.39 is 0 Å². The van der Waals surface area contributed by atoms with Crippen LogP contribution in [0, 0.1) is 19.7 Å². The predicted octanol–water partition coefficient (Wildman–Crippen LogP) is 3.76. The van der Waals surface area contributed by atoms with Gasteiger partial charge >= 0.3 is 0 Å². The summed E-state index contributed by atoms with van der Waals surface area (Å²) in [6.45, 7) is 10.2. The SMILES string of the molecule is CCN(CC)CC(=O)c1cc(C)n(-c2ccc(F)cc2)c1C. The smallest absolute Gasteiger partial charge is 0.178 e. The van der Waals surface area contributed by atoms with Gasteiger partial charge in [-0.25, -0.2) is 4.39 Å². The average Bonchev–Trinajstić information content (AvgIpc) is 2.81. The van der Waals surface area contributed by atoms with Crippen molar-refractivity contribution in [3.8, 4) is 5.69 Å². The molecule has 2 aromatic rings. The molecule has 2 rings (SSSR count). The van der Waals surface area contributed by atoms with Crippen molar-refractivity contribution >= 4 is 5.78 Å². The topological polar surface area (TPSA) is 25.2 Å². The summed E-state index contributed by atoms with van der Waals surface area (Å²) in [5.74, 6) is -0.130. The van der Waals surface area contributed by atoms with E-state index in [1.54, 1.807) is 12.1 Å². The number of rotatable bonds is 6. The Morgan fingerprint density at radius 2 is 1.73 bits per heavy atom. The molecule has 0 N–H and O–H groups in total. The summed E-state index contributed by atoms with van der Waals surface area (Å²) in [5.41, 5.74) is 3.50. The standard InChI is InChI=1S/C18H23FN2O/c1-5-20(6-2)12-18(22)17-11-13(3)21(14(17)4)16-9-7-15(19)8-10-16/h7-11H,5-6,12H2,1-4H3. The summed E-state index contributed by atoms with van der Waals surface area (Å²) >= 11 is 0. The number of Topliss-reactive ketones (excluding diaryl/α,β-unsaturated/α-hetero) is 1. The van der Waals surface area contributed by atoms with Gasteiger partial charge in [0.1, 0.15) is 5.82 Å². The van der Waals surface area contributed by atoms with Crippen LogP contribution in [0.2, 0.25) is 0 Å². The Hall–Kier alpha value is -1.94. The van der Waals surface area contributed by atoms with Gasteiger partial charge in [-0.1, -0.05) is 13.8 Å². The molecule has 1 aromatic carbocycles. The number of carbonyl (C=O) groups excluding carboxylic acids is 1. The van der Waals surface area contributed by atoms with Gasteiger partial charge in [-0.2, -0.15) is 0 Å². The molecule has 0 atom stereocenters. The maximum atomic E-state index is 13.1. The summed E-state index contributed by atoms with van der Waals surface area (Å²) < 4.78 is 15.1. The summed E-state index contributed by atoms with van der Waals surface area (Å²) in [6.07, 6.45) is 0. The zero-order valence-electron chi connectivity index (χ0n) is 13.7. The van der Waals surface area contributed by atoms with Crippen molar-refractivity contribution in [2.45, 2.75) is 27.7 Å². The van der Waals surface area contributed by atoms with E-state index >= 15 is 0 Å². The number of carbonyl (C=O) groups is 1. The molecule has 0 amide bonds. The number of nitrogens with zero attached hydrogens (tertiary/aromatic N) is 2. The third-order valence-electron chi connectivity index (χ3n) is 4.08. The highest BCUT2D eigenvalue weighted by Gasteiger charge is 2.18. The summed E-state index contributed by atoms with van der Waals surface area (Å²) in [5, 5.41) is 0. The molecule has 0 aliphatic heterocycles. The van der Waals surface area contributed by atoms with Gasteiger partial charge in [0, 0.05) is 22.6 Å². The lowest BCUT2D eigenvalue weighted by atomic mass is 10.1. The average molecular weight is 302 g/mol. The Labute approximate surface area is 131 Å². The monoisotopic (exact) mass is 302 g/mol. The second-order valence-electron chi connectivity index (χ2n) is 5.48. The van der Waals surface area contributed by atoms with Gasteiger partial charge in [0.25, 0.3) is 0 Å². The third-order valence-corrected chi connectivity index (χ3v) is 4.08. The number of ketones is 1. The van der Waals surface area contributed by atoms with Crippen molar-refractivity contribution in [1.82, 2.24) is 9.47 Å². The molecule has 3 nitrogen and oxygen atoms in total. The van der Waals surface area contributed by atoms with E-state index in [-0.39, 0.29) is 11.6 Å². The van der Waals surface area contributed by atoms with Crippen LogP contribution < -0.4 is 0 Å². The minimum atomic E-state index is -0.260. The van der Waals surface area contributed by atoms with Crippen LogP contribution in [0.25, 0.3) is 5.69 Å². The van der Waals surface area contributed by atoms with Gasteiger partial charge in [0.2, 0.25) is 0 Å². The van der Waals surface area contributed by atoms with Gasteiger partial charge in [0.15, 0.2) is 5.78 Å². The van der Waals surface area contributed by atoms with Crippen molar-refractivity contribution in [3.63, 3.8) is 0 Å². The minimum Gasteiger partial charge on any atom is -0.318 e. The van der Waals surface area contributed by atoms with E-state index in [9.17, 15) is 9.18 Å². The number of aromatic nitrogens is 1. The zero-order chi connectivity index (χ0) is 16.3. The number of aryl methyl sites for hydroxylation is 1. The molecule has 0 aliphatic rings. The van der Waals surface area contributed by atoms with E-state index in [2.05, 4.69) is 18.7 Å². The molecule has 118 valence electrons. The first kappa shape index (κ1) is 16.4. The van der Waals surface area contributed by atoms with Crippen LogP contribution in [-0.2, 0) is 0 Å². The Morgan fingerprint density at radius 1 is 1.14 bits per heavy atom. The van der Waals surface area contributed by atoms with Gasteiger partial charge in [0.05, 0.1) is 6.54 Å². The lowest BCUT2D eigenvalue weighted by Gasteiger charge is -2.16. The number of halogens is 1. The highest BCUT2D eigenvalue weighted by Crippen LogP contribution is 2.21. The van der Waals surface area contributed by atoms with Crippen molar-refractivity contribution in [2.75, 3.05) is 19.6 Å². The first-order valence-corrected chi connectivity index (χ1v) is 7.68. The second kappa shape index (κ2) is 6.88. The van der Waals surface area contributed by atoms with Crippen LogP contribution in [-0.4, -0.2) is 34.9 Å². The lowest BCUT2D eigenvalue weighted by Crippen LogP contribution is -2.29. The maximum absolute atomic E-state index is 13.1. The summed E-state index contributed by atoms with van der Waals surface area (Å²) in [7, 11) is 0. The summed E-state index contributed by atoms with van der Waals surface area (Å²) in [4.78, 5) is 14.6. The quantitative estimate of drug-likeness (QED) is 0.759. The Morgan fingerprint density at radius 3 is 2.27 bits per heavy atom. The highest BCUT2D eigenvalue weighted by molar-refractivity contribution is 5.99. The number of hydrogen-bond donors (Lipinski definition) is 0. The zero-order valence-corrected chi connectivity index (χ0v) is 13.7. The van der Waals surface area contributed by atoms with Crippen molar-refractivity contribution in [2.24, 2.45) is 0 Å². The van der Waals surface area contributed by atoms with Crippen LogP contribution in [0.5, 0.6) is 0 Å². The first-order valence-electron chi connectivity index (χ1n) is 7.68. The molecule has 0 saturated heterocycles. The van der Waals surface area contributed by atoms with Gasteiger partial charge in [-0.15, -0.1) is 0 Å². The second-order valence-corrected chi connectivity index (χ2v) is 5.48. The van der Waals surface area contributed by atoms with Gasteiger partial charge in [-0.05, 0) is 57.3 Å². The van der Waals surface area contributed by atoms with E-state index in [1.807, 2.05) is 24.5 Å². The molecule has 0 radical (unpaired) electrons. The normalized spacial score (nSPS) is 11.2. The molecule has 0 unspecified atom stereocenters. The van der Waals surface area contributed by atoms with E-state index in [0.29, 0.717) is 6.54 Å². The number of hydrogen-bond acceptors (Lipinski definition) is 2. The Balaban J connectivity index is 2.34. The molecule has 0 saturated carbocycles. The van der Waals surface area contributed by atoms with E-state index in [0.717, 1.165) is 35.7 Å². The van der Waals surface area contributed by atoms with Gasteiger partial charge in [-0.3, -0.25) is 9.69 Å². The largest absolute Gasteiger partial charge is 0.318 e. The fraction of sp³-hybridized carbons (Fsp3) is 0.389. The maximum Gasteiger partial charge on any atom is 0.178 e. The highest BCUT2D eigenvalue weighted by atomic mass is 19.1. The predicted molar refractivity (Wildman–Crippen MR) is 87.3 cm³/mol. The van der Waals surface area contributed by atoms with Crippen molar-refractivity contribution in [1.29, 1.82) is 0 Å². The fourth-order valence-corrected chi connectivity index (χ4v) is 2.77. The number of likely N-dealkylation sites (N-methyl/N-ethyl adjacent to an activating group) is 1. The molecule has 22 heavy (non-hydrogen) atoms. The van der Waals surface area contributed by atoms with Crippen molar-refractivity contribution in [3.05, 3.63) is 53.1 Å². The Bertz CT molecular complexity index is 654. The van der Waals surface area contributed by atoms with Crippen LogP contribution in [0.1, 0.15) is 35.6 Å². The molecule has 0 bridgehead atoms. The van der Waals surface area contributed by atoms with Crippen molar-refractivity contribution < 1.29 is 9.18 Å². The molecular formula is C18H23FN2O. The van der Waals surface area contributed by atoms with Crippen LogP contribution in [0.4, 0.5) is 4.39 Å². The molecule has 0 aliphatic carbocycles. The molecule has 1 aromatic heterocycles. The van der Waals surface area contributed by atoms with E-state index in [1.165, 1.54) is 12.1 Å². The van der Waals surface area contributed by atoms with Crippen LogP contribution in [0.15, 0.2) is 30.3 Å². The number of benzene rings is 1. The molecule has 4 heteroatoms. The Kier molecular flexibility index (Phi) is 5.14.